The summed E-state index contributed by atoms with van der Waals surface area (Å²) in [5.74, 6) is -1.94. The van der Waals surface area contributed by atoms with Crippen LogP contribution in [-0.2, 0) is 9.53 Å². The van der Waals surface area contributed by atoms with Gasteiger partial charge >= 0.3 is 5.97 Å². The number of rotatable bonds is 6. The van der Waals surface area contributed by atoms with E-state index in [1.54, 1.807) is 6.92 Å². The van der Waals surface area contributed by atoms with Crippen molar-refractivity contribution in [2.45, 2.75) is 25.8 Å². The Kier molecular flexibility index (Phi) is 5.23. The van der Waals surface area contributed by atoms with Crippen LogP contribution in [-0.4, -0.2) is 24.7 Å². The third kappa shape index (κ3) is 4.82. The summed E-state index contributed by atoms with van der Waals surface area (Å²) < 4.78 is 35.8. The van der Waals surface area contributed by atoms with Gasteiger partial charge in [-0.1, -0.05) is 0 Å². The van der Waals surface area contributed by atoms with Gasteiger partial charge in [-0.05, 0) is 13.8 Å². The molecule has 0 saturated carbocycles. The van der Waals surface area contributed by atoms with Crippen molar-refractivity contribution in [2.75, 3.05) is 13.2 Å². The fourth-order valence-corrected chi connectivity index (χ4v) is 1.39. The molecule has 106 valence electrons. The third-order valence-electron chi connectivity index (χ3n) is 2.47. The van der Waals surface area contributed by atoms with E-state index in [1.165, 1.54) is 6.92 Å². The standard InChI is InChI=1S/C13H17F2NO3/c1-3-18-12(17)13(2,16)4-5-19-11-7-9(14)6-10(15)8-11/h6-8H,3-5,16H2,1-2H3. The van der Waals surface area contributed by atoms with Gasteiger partial charge in [-0.25, -0.2) is 8.78 Å². The average molecular weight is 273 g/mol. The molecule has 0 aliphatic rings. The molecule has 0 fully saturated rings. The number of carbonyl (C=O) groups is 1. The Morgan fingerprint density at radius 1 is 1.32 bits per heavy atom. The van der Waals surface area contributed by atoms with Gasteiger partial charge in [0.05, 0.1) is 13.2 Å². The van der Waals surface area contributed by atoms with Gasteiger partial charge in [-0.3, -0.25) is 4.79 Å². The molecule has 0 aromatic heterocycles. The monoisotopic (exact) mass is 273 g/mol. The van der Waals surface area contributed by atoms with Crippen LogP contribution >= 0.6 is 0 Å². The molecule has 1 unspecified atom stereocenters. The lowest BCUT2D eigenvalue weighted by atomic mass is 10.0. The zero-order chi connectivity index (χ0) is 14.5. The maximum Gasteiger partial charge on any atom is 0.325 e. The lowest BCUT2D eigenvalue weighted by Crippen LogP contribution is -2.47. The average Bonchev–Trinajstić information content (AvgIpc) is 2.27. The molecule has 0 spiro atoms. The summed E-state index contributed by atoms with van der Waals surface area (Å²) >= 11 is 0. The molecule has 2 N–H and O–H groups in total. The van der Waals surface area contributed by atoms with Crippen molar-refractivity contribution in [2.24, 2.45) is 5.73 Å². The van der Waals surface area contributed by atoms with E-state index in [0.29, 0.717) is 0 Å². The van der Waals surface area contributed by atoms with Crippen molar-refractivity contribution >= 4 is 5.97 Å². The third-order valence-corrected chi connectivity index (χ3v) is 2.47. The Balaban J connectivity index is 2.51. The lowest BCUT2D eigenvalue weighted by Gasteiger charge is -2.22. The first-order chi connectivity index (χ1) is 8.85. The molecule has 6 heteroatoms. The summed E-state index contributed by atoms with van der Waals surface area (Å²) in [6.45, 7) is 3.48. The van der Waals surface area contributed by atoms with Crippen molar-refractivity contribution in [1.29, 1.82) is 0 Å². The van der Waals surface area contributed by atoms with E-state index >= 15 is 0 Å². The Labute approximate surface area is 110 Å². The van der Waals surface area contributed by atoms with E-state index in [-0.39, 0.29) is 25.4 Å². The first-order valence-electron chi connectivity index (χ1n) is 5.90. The van der Waals surface area contributed by atoms with Crippen molar-refractivity contribution in [3.63, 3.8) is 0 Å². The van der Waals surface area contributed by atoms with Crippen molar-refractivity contribution < 1.29 is 23.0 Å². The molecule has 1 atom stereocenters. The number of esters is 1. The summed E-state index contributed by atoms with van der Waals surface area (Å²) in [7, 11) is 0. The zero-order valence-electron chi connectivity index (χ0n) is 10.9. The second-order valence-corrected chi connectivity index (χ2v) is 4.34. The number of halogens is 2. The fraction of sp³-hybridized carbons (Fsp3) is 0.462. The van der Waals surface area contributed by atoms with Gasteiger partial charge < -0.3 is 15.2 Å². The molecule has 19 heavy (non-hydrogen) atoms. The van der Waals surface area contributed by atoms with E-state index in [4.69, 9.17) is 15.2 Å². The highest BCUT2D eigenvalue weighted by atomic mass is 19.1. The Morgan fingerprint density at radius 3 is 2.42 bits per heavy atom. The number of carbonyl (C=O) groups excluding carboxylic acids is 1. The van der Waals surface area contributed by atoms with Gasteiger partial charge in [0.2, 0.25) is 0 Å². The summed E-state index contributed by atoms with van der Waals surface area (Å²) in [6, 6.07) is 2.86. The van der Waals surface area contributed by atoms with Crippen LogP contribution in [0.2, 0.25) is 0 Å². The second-order valence-electron chi connectivity index (χ2n) is 4.34. The fourth-order valence-electron chi connectivity index (χ4n) is 1.39. The molecule has 1 aromatic carbocycles. The normalized spacial score (nSPS) is 13.7. The van der Waals surface area contributed by atoms with Gasteiger partial charge in [0.25, 0.3) is 0 Å². The van der Waals surface area contributed by atoms with Crippen molar-refractivity contribution in [3.8, 4) is 5.75 Å². The van der Waals surface area contributed by atoms with Crippen LogP contribution < -0.4 is 10.5 Å². The number of ether oxygens (including phenoxy) is 2. The van der Waals surface area contributed by atoms with Crippen LogP contribution in [0.15, 0.2) is 18.2 Å². The highest BCUT2D eigenvalue weighted by Crippen LogP contribution is 2.17. The number of hydrogen-bond acceptors (Lipinski definition) is 4. The van der Waals surface area contributed by atoms with Gasteiger partial charge in [-0.15, -0.1) is 0 Å². The number of hydrogen-bond donors (Lipinski definition) is 1. The lowest BCUT2D eigenvalue weighted by molar-refractivity contribution is -0.149. The predicted octanol–water partition coefficient (Wildman–Crippen LogP) is 2.01. The number of nitrogens with two attached hydrogens (primary N) is 1. The molecule has 0 bridgehead atoms. The van der Waals surface area contributed by atoms with Crippen LogP contribution in [0.1, 0.15) is 20.3 Å². The Bertz CT molecular complexity index is 429. The molecular weight excluding hydrogens is 256 g/mol. The minimum Gasteiger partial charge on any atom is -0.493 e. The quantitative estimate of drug-likeness (QED) is 0.805. The van der Waals surface area contributed by atoms with Crippen LogP contribution in [0.3, 0.4) is 0 Å². The molecule has 0 radical (unpaired) electrons. The first kappa shape index (κ1) is 15.4. The first-order valence-corrected chi connectivity index (χ1v) is 5.90. The van der Waals surface area contributed by atoms with Crippen LogP contribution in [0.25, 0.3) is 0 Å². The van der Waals surface area contributed by atoms with E-state index in [2.05, 4.69) is 0 Å². The molecule has 1 rings (SSSR count). The second kappa shape index (κ2) is 6.47. The maximum absolute atomic E-state index is 12.9. The minimum absolute atomic E-state index is 0.0503. The Hall–Kier alpha value is -1.69. The molecule has 0 aliphatic heterocycles. The zero-order valence-corrected chi connectivity index (χ0v) is 10.9. The highest BCUT2D eigenvalue weighted by Gasteiger charge is 2.29. The Morgan fingerprint density at radius 2 is 1.89 bits per heavy atom. The predicted molar refractivity (Wildman–Crippen MR) is 65.7 cm³/mol. The van der Waals surface area contributed by atoms with E-state index in [9.17, 15) is 13.6 Å². The molecule has 4 nitrogen and oxygen atoms in total. The van der Waals surface area contributed by atoms with Gasteiger partial charge in [0.15, 0.2) is 0 Å². The minimum atomic E-state index is -1.19. The van der Waals surface area contributed by atoms with E-state index < -0.39 is 23.1 Å². The van der Waals surface area contributed by atoms with E-state index in [1.807, 2.05) is 0 Å². The van der Waals surface area contributed by atoms with Crippen LogP contribution in [0.4, 0.5) is 8.78 Å². The van der Waals surface area contributed by atoms with Crippen LogP contribution in [0.5, 0.6) is 5.75 Å². The summed E-state index contributed by atoms with van der Waals surface area (Å²) in [5, 5.41) is 0. The van der Waals surface area contributed by atoms with Gasteiger partial charge in [0, 0.05) is 24.6 Å². The SMILES string of the molecule is CCOC(=O)C(C)(N)CCOc1cc(F)cc(F)c1. The van der Waals surface area contributed by atoms with Gasteiger partial charge in [-0.2, -0.15) is 0 Å². The highest BCUT2D eigenvalue weighted by molar-refractivity contribution is 5.79. The molecule has 0 heterocycles. The molecular formula is C13H17F2NO3. The topological polar surface area (TPSA) is 61.5 Å². The molecule has 1 aromatic rings. The van der Waals surface area contributed by atoms with Crippen molar-refractivity contribution in [3.05, 3.63) is 29.8 Å². The summed E-state index contributed by atoms with van der Waals surface area (Å²) in [5.41, 5.74) is 4.58. The van der Waals surface area contributed by atoms with Crippen molar-refractivity contribution in [1.82, 2.24) is 0 Å². The molecule has 0 aliphatic carbocycles. The maximum atomic E-state index is 12.9. The molecule has 0 amide bonds. The summed E-state index contributed by atoms with van der Waals surface area (Å²) in [4.78, 5) is 11.5. The van der Waals surface area contributed by atoms with E-state index in [0.717, 1.165) is 18.2 Å². The smallest absolute Gasteiger partial charge is 0.325 e. The van der Waals surface area contributed by atoms with Gasteiger partial charge in [0.1, 0.15) is 22.9 Å². The molecule has 0 saturated heterocycles. The van der Waals surface area contributed by atoms with Crippen LogP contribution in [0, 0.1) is 11.6 Å². The number of benzene rings is 1. The largest absolute Gasteiger partial charge is 0.493 e. The summed E-state index contributed by atoms with van der Waals surface area (Å²) in [6.07, 6.45) is 0.171.